The summed E-state index contributed by atoms with van der Waals surface area (Å²) in [5.41, 5.74) is 2.29. The molecule has 1 fully saturated rings. The standard InChI is InChI=1S/C31H33N5O7S/c1-19-24(29(31(40)41)36-28(19)26(20(2)38)30(36)39)17-35-32-27(22-6-4-3-5-7-22)23-16-21(8-9-25(23)44(35,42)43)10-11-33-12-13-34(18-33)14-15-37/h3-9,12-13,16,18-20,26,28,37-38H,10-11,14-15,17H2,1-2H3/t19-,20+,26+,28+/m0/s1. The molecule has 0 radical (unpaired) electrons. The molecule has 3 aliphatic heterocycles. The number of aliphatic carboxylic acids is 1. The average Bonchev–Trinajstić information content (AvgIpc) is 3.53. The quantitative estimate of drug-likeness (QED) is 0.231. The van der Waals surface area contributed by atoms with Gasteiger partial charge in [-0.25, -0.2) is 9.13 Å². The first-order valence-electron chi connectivity index (χ1n) is 14.4. The number of β-lactam (4-membered cyclic amide) rings is 1. The number of carboxylic acid groups (broad SMARTS) is 1. The van der Waals surface area contributed by atoms with Gasteiger partial charge in [0.25, 0.3) is 10.0 Å². The highest BCUT2D eigenvalue weighted by Crippen LogP contribution is 2.47. The Kier molecular flexibility index (Phi) is 7.64. The topological polar surface area (TPSA) is 159 Å². The molecule has 4 atom stereocenters. The molecule has 0 saturated carbocycles. The Morgan fingerprint density at radius 3 is 2.61 bits per heavy atom. The smallest absolute Gasteiger partial charge is 0.280 e. The number of aliphatic hydroxyl groups excluding tert-OH is 2. The average molecular weight is 620 g/mol. The number of aromatic nitrogens is 2. The molecule has 0 aliphatic carbocycles. The molecule has 13 heteroatoms. The highest BCUT2D eigenvalue weighted by Gasteiger charge is 2.59. The Labute approximate surface area is 254 Å². The molecule has 3 aliphatic rings. The van der Waals surface area contributed by atoms with Crippen LogP contribution in [-0.4, -0.2) is 75.4 Å². The van der Waals surface area contributed by atoms with Crippen LogP contribution in [-0.2, 0) is 39.1 Å². The van der Waals surface area contributed by atoms with Gasteiger partial charge in [-0.15, -0.1) is 0 Å². The van der Waals surface area contributed by atoms with Crippen LogP contribution in [0.4, 0.5) is 0 Å². The van der Waals surface area contributed by atoms with E-state index in [1.54, 1.807) is 19.1 Å². The molecule has 1 saturated heterocycles. The van der Waals surface area contributed by atoms with Crippen molar-refractivity contribution in [2.45, 2.75) is 50.4 Å². The highest BCUT2D eigenvalue weighted by atomic mass is 32.2. The van der Waals surface area contributed by atoms with Crippen LogP contribution in [0.1, 0.15) is 30.5 Å². The largest absolute Gasteiger partial charge is 0.543 e. The lowest BCUT2D eigenvalue weighted by atomic mass is 9.78. The maximum atomic E-state index is 14.0. The summed E-state index contributed by atoms with van der Waals surface area (Å²) in [6.07, 6.45) is 5.30. The second kappa shape index (κ2) is 11.3. The van der Waals surface area contributed by atoms with Crippen molar-refractivity contribution in [3.05, 3.63) is 95.2 Å². The normalized spacial score (nSPS) is 22.8. The fourth-order valence-corrected chi connectivity index (χ4v) is 7.87. The first kappa shape index (κ1) is 29.7. The number of carbonyl (C=O) groups excluding carboxylic acids is 2. The minimum absolute atomic E-state index is 0.0383. The van der Waals surface area contributed by atoms with E-state index in [4.69, 9.17) is 0 Å². The zero-order valence-electron chi connectivity index (χ0n) is 24.3. The van der Waals surface area contributed by atoms with E-state index in [-0.39, 0.29) is 22.8 Å². The van der Waals surface area contributed by atoms with Crippen LogP contribution in [0.25, 0.3) is 0 Å². The molecular formula is C31H33N5O7S. The maximum absolute atomic E-state index is 14.0. The van der Waals surface area contributed by atoms with Crippen LogP contribution in [0.2, 0.25) is 0 Å². The van der Waals surface area contributed by atoms with Gasteiger partial charge in [0.2, 0.25) is 12.2 Å². The lowest BCUT2D eigenvalue weighted by Gasteiger charge is -2.47. The predicted octanol–water partition coefficient (Wildman–Crippen LogP) is -0.371. The van der Waals surface area contributed by atoms with Gasteiger partial charge >= 0.3 is 0 Å². The molecule has 0 spiro atoms. The van der Waals surface area contributed by atoms with Crippen molar-refractivity contribution >= 4 is 27.6 Å². The third-order valence-electron chi connectivity index (χ3n) is 8.69. The summed E-state index contributed by atoms with van der Waals surface area (Å²) in [5, 5.41) is 36.2. The Morgan fingerprint density at radius 1 is 1.18 bits per heavy atom. The van der Waals surface area contributed by atoms with E-state index in [1.807, 2.05) is 64.3 Å². The van der Waals surface area contributed by atoms with E-state index >= 15 is 0 Å². The van der Waals surface area contributed by atoms with E-state index in [2.05, 4.69) is 5.10 Å². The second-order valence-electron chi connectivity index (χ2n) is 11.4. The minimum Gasteiger partial charge on any atom is -0.543 e. The third kappa shape index (κ3) is 4.90. The molecule has 1 aromatic heterocycles. The van der Waals surface area contributed by atoms with Gasteiger partial charge in [-0.1, -0.05) is 43.3 Å². The lowest BCUT2D eigenvalue weighted by molar-refractivity contribution is -0.697. The van der Waals surface area contributed by atoms with Gasteiger partial charge < -0.3 is 25.0 Å². The van der Waals surface area contributed by atoms with Crippen molar-refractivity contribution in [1.82, 2.24) is 13.9 Å². The molecule has 1 amide bonds. The SMILES string of the molecule is C[C@@H](O)[C@H]1C(=O)N2C(C(=O)[O-])=C(CN3N=C(c4ccccc4)c4cc(CCn5cc[n+](CCO)c5)ccc4S3(=O)=O)[C@H](C)[C@H]12. The van der Waals surface area contributed by atoms with Gasteiger partial charge in [-0.2, -0.15) is 17.9 Å². The lowest BCUT2D eigenvalue weighted by Crippen LogP contribution is -2.64. The Morgan fingerprint density at radius 2 is 1.93 bits per heavy atom. The highest BCUT2D eigenvalue weighted by molar-refractivity contribution is 7.89. The molecule has 12 nitrogen and oxygen atoms in total. The summed E-state index contributed by atoms with van der Waals surface area (Å²) in [6, 6.07) is 13.7. The molecule has 44 heavy (non-hydrogen) atoms. The number of aliphatic hydroxyl groups is 2. The van der Waals surface area contributed by atoms with Gasteiger partial charge in [0.05, 0.1) is 54.3 Å². The number of hydrogen-bond acceptors (Lipinski definition) is 8. The number of imidazole rings is 1. The summed E-state index contributed by atoms with van der Waals surface area (Å²) in [5.74, 6) is -3.44. The van der Waals surface area contributed by atoms with Crippen LogP contribution >= 0.6 is 0 Å². The second-order valence-corrected chi connectivity index (χ2v) is 13.2. The molecule has 0 unspecified atom stereocenters. The summed E-state index contributed by atoms with van der Waals surface area (Å²) < 4.78 is 32.8. The fourth-order valence-electron chi connectivity index (χ4n) is 6.47. The number of carboxylic acids is 1. The van der Waals surface area contributed by atoms with E-state index in [0.717, 1.165) is 14.9 Å². The van der Waals surface area contributed by atoms with E-state index in [0.29, 0.717) is 36.3 Å². The van der Waals surface area contributed by atoms with Crippen LogP contribution < -0.4 is 9.67 Å². The van der Waals surface area contributed by atoms with Gasteiger partial charge in [0.15, 0.2) is 0 Å². The number of hydrazone groups is 1. The molecule has 2 aromatic carbocycles. The summed E-state index contributed by atoms with van der Waals surface area (Å²) in [7, 11) is -4.22. The number of carbonyl (C=O) groups is 2. The predicted molar refractivity (Wildman–Crippen MR) is 155 cm³/mol. The summed E-state index contributed by atoms with van der Waals surface area (Å²) in [6.45, 7) is 3.98. The van der Waals surface area contributed by atoms with Crippen LogP contribution in [0, 0.1) is 11.8 Å². The van der Waals surface area contributed by atoms with E-state index < -0.39 is 52.4 Å². The molecule has 2 N–H and O–H groups in total. The fraction of sp³-hybridized carbons (Fsp3) is 0.355. The molecule has 230 valence electrons. The number of benzene rings is 2. The van der Waals surface area contributed by atoms with Crippen LogP contribution in [0.15, 0.2) is 88.5 Å². The molecule has 4 heterocycles. The first-order valence-corrected chi connectivity index (χ1v) is 15.9. The van der Waals surface area contributed by atoms with Crippen LogP contribution in [0.3, 0.4) is 0 Å². The van der Waals surface area contributed by atoms with E-state index in [1.165, 1.54) is 6.92 Å². The van der Waals surface area contributed by atoms with Gasteiger partial charge in [-0.05, 0) is 30.2 Å². The van der Waals surface area contributed by atoms with Gasteiger partial charge in [0, 0.05) is 23.5 Å². The number of hydrogen-bond donors (Lipinski definition) is 2. The van der Waals surface area contributed by atoms with Crippen molar-refractivity contribution in [3.8, 4) is 0 Å². The number of sulfonamides is 1. The molecular weight excluding hydrogens is 586 g/mol. The number of fused-ring (bicyclic) bond motifs is 2. The summed E-state index contributed by atoms with van der Waals surface area (Å²) >= 11 is 0. The zero-order valence-corrected chi connectivity index (χ0v) is 25.1. The maximum Gasteiger partial charge on any atom is 0.280 e. The first-order chi connectivity index (χ1) is 21.0. The zero-order chi connectivity index (χ0) is 31.3. The third-order valence-corrected chi connectivity index (χ3v) is 10.4. The van der Waals surface area contributed by atoms with Gasteiger partial charge in [0.1, 0.15) is 24.7 Å². The van der Waals surface area contributed by atoms with E-state index in [9.17, 15) is 33.3 Å². The van der Waals surface area contributed by atoms with Crippen molar-refractivity contribution in [1.29, 1.82) is 0 Å². The number of rotatable bonds is 10. The minimum atomic E-state index is -4.22. The monoisotopic (exact) mass is 619 g/mol. The number of amides is 1. The number of nitrogens with zero attached hydrogens (tertiary/aromatic N) is 5. The molecule has 6 rings (SSSR count). The van der Waals surface area contributed by atoms with Crippen LogP contribution in [0.5, 0.6) is 0 Å². The summed E-state index contributed by atoms with van der Waals surface area (Å²) in [4.78, 5) is 26.2. The van der Waals surface area contributed by atoms with Crippen molar-refractivity contribution < 1.29 is 37.9 Å². The number of aryl methyl sites for hydroxylation is 2. The van der Waals surface area contributed by atoms with Crippen molar-refractivity contribution in [3.63, 3.8) is 0 Å². The molecule has 3 aromatic rings. The van der Waals surface area contributed by atoms with Gasteiger partial charge in [-0.3, -0.25) is 4.79 Å². The molecule has 0 bridgehead atoms. The van der Waals surface area contributed by atoms with Crippen molar-refractivity contribution in [2.75, 3.05) is 13.2 Å². The Balaban J connectivity index is 1.37. The van der Waals surface area contributed by atoms with Crippen molar-refractivity contribution in [2.24, 2.45) is 16.9 Å². The Bertz CT molecular complexity index is 1800. The Hall–Kier alpha value is -4.33.